The Bertz CT molecular complexity index is 3490. The van der Waals surface area contributed by atoms with E-state index in [4.69, 9.17) is 32.7 Å². The van der Waals surface area contributed by atoms with Crippen LogP contribution in [0.1, 0.15) is 31.8 Å². The standard InChI is InChI=1S/2C25H20ClN3O6S.Ba/c2*1-14-11-21(22(13-20(14)26)36(32,33)34)28-29-23-18-6-4-3-5-15(18)12-19(24(23)30)25(31)27-16-7-9-17(35-2)10-8-16;/h2*3-13,30H,1-2H3,(H,27,31)(H,32,33,34);/q;;+2/p-2. The van der Waals surface area contributed by atoms with Crippen LogP contribution in [-0.4, -0.2) is 106 Å². The number of carbonyl (C=O) groups is 2. The molecule has 18 nitrogen and oxygen atoms in total. The van der Waals surface area contributed by atoms with Gasteiger partial charge in [-0.1, -0.05) is 77.5 Å². The second-order valence-corrected chi connectivity index (χ2v) is 19.1. The fourth-order valence-corrected chi connectivity index (χ4v) is 8.69. The van der Waals surface area contributed by atoms with Gasteiger partial charge in [-0.2, -0.15) is 13.5 Å². The van der Waals surface area contributed by atoms with Gasteiger partial charge in [0.15, 0.2) is 5.75 Å². The summed E-state index contributed by atoms with van der Waals surface area (Å²) in [5.74, 6) is -1.23. The number of amides is 2. The average Bonchev–Trinajstić information content (AvgIpc) is 3.34. The van der Waals surface area contributed by atoms with Crippen LogP contribution in [0.15, 0.2) is 164 Å². The minimum atomic E-state index is -4.93. The van der Waals surface area contributed by atoms with Gasteiger partial charge < -0.3 is 34.9 Å². The van der Waals surface area contributed by atoms with E-state index in [-0.39, 0.29) is 92.8 Å². The van der Waals surface area contributed by atoms with Crippen molar-refractivity contribution < 1.29 is 55.2 Å². The summed E-state index contributed by atoms with van der Waals surface area (Å²) in [6.45, 7) is 3.23. The molecular formula is C50H38BaCl2N6O12S2. The second kappa shape index (κ2) is 23.6. The Labute approximate surface area is 468 Å². The number of rotatable bonds is 12. The third-order valence-electron chi connectivity index (χ3n) is 10.7. The van der Waals surface area contributed by atoms with Crippen molar-refractivity contribution in [2.45, 2.75) is 23.6 Å². The number of hydrogen-bond acceptors (Lipinski definition) is 15. The van der Waals surface area contributed by atoms with Crippen molar-refractivity contribution in [3.8, 4) is 23.0 Å². The number of azo groups is 2. The Morgan fingerprint density at radius 3 is 1.47 bits per heavy atom. The van der Waals surface area contributed by atoms with E-state index in [0.29, 0.717) is 55.5 Å². The number of aromatic hydroxyl groups is 1. The average molecular weight is 1190 g/mol. The van der Waals surface area contributed by atoms with Gasteiger partial charge in [-0.05, 0) is 121 Å². The maximum atomic E-state index is 13.3. The van der Waals surface area contributed by atoms with E-state index in [2.05, 4.69) is 31.1 Å². The number of nitrogens with one attached hydrogen (secondary N) is 2. The Balaban J connectivity index is 0.000000235. The van der Waals surface area contributed by atoms with Crippen molar-refractivity contribution >= 4 is 160 Å². The van der Waals surface area contributed by atoms with E-state index in [1.54, 1.807) is 111 Å². The second-order valence-electron chi connectivity index (χ2n) is 15.5. The van der Waals surface area contributed by atoms with Crippen LogP contribution in [-0.2, 0) is 20.2 Å². The molecule has 8 aromatic carbocycles. The van der Waals surface area contributed by atoms with Crippen LogP contribution >= 0.6 is 23.2 Å². The Morgan fingerprint density at radius 1 is 0.589 bits per heavy atom. The molecule has 0 aromatic heterocycles. The molecule has 0 bridgehead atoms. The van der Waals surface area contributed by atoms with Gasteiger partial charge in [0.25, 0.3) is 21.9 Å². The van der Waals surface area contributed by atoms with Gasteiger partial charge in [0.2, 0.25) is 0 Å². The molecule has 8 aromatic rings. The Hall–Kier alpha value is -6.41. The van der Waals surface area contributed by atoms with E-state index >= 15 is 0 Å². The quantitative estimate of drug-likeness (QED) is 0.0505. The van der Waals surface area contributed by atoms with Crippen molar-refractivity contribution in [3.63, 3.8) is 0 Å². The third kappa shape index (κ3) is 13.2. The molecule has 2 amide bonds. The number of nitrogens with zero attached hydrogens (tertiary/aromatic N) is 4. The van der Waals surface area contributed by atoms with Crippen molar-refractivity contribution in [2.24, 2.45) is 20.5 Å². The zero-order chi connectivity index (χ0) is 52.1. The third-order valence-corrected chi connectivity index (χ3v) is 13.3. The first-order chi connectivity index (χ1) is 34.2. The molecule has 0 unspecified atom stereocenters. The predicted octanol–water partition coefficient (Wildman–Crippen LogP) is 11.5. The first-order valence-electron chi connectivity index (χ1n) is 20.9. The topological polar surface area (TPSA) is 281 Å². The van der Waals surface area contributed by atoms with Gasteiger partial charge in [-0.25, -0.2) is 8.42 Å². The molecule has 0 saturated carbocycles. The molecule has 8 rings (SSSR count). The molecule has 0 saturated heterocycles. The maximum Gasteiger partial charge on any atom is 2.00 e. The monoisotopic (exact) mass is 1190 g/mol. The van der Waals surface area contributed by atoms with Gasteiger partial charge in [0, 0.05) is 37.8 Å². The molecule has 0 radical (unpaired) electrons. The van der Waals surface area contributed by atoms with Gasteiger partial charge in [-0.3, -0.25) is 14.1 Å². The number of anilines is 2. The summed E-state index contributed by atoms with van der Waals surface area (Å²) in [5.41, 5.74) is 0.918. The summed E-state index contributed by atoms with van der Waals surface area (Å²) in [5, 5.41) is 47.8. The minimum Gasteiger partial charge on any atom is -0.870 e. The van der Waals surface area contributed by atoms with Crippen molar-refractivity contribution in [2.75, 3.05) is 24.9 Å². The van der Waals surface area contributed by atoms with Crippen LogP contribution in [0.3, 0.4) is 0 Å². The fraction of sp³-hybridized carbons (Fsp3) is 0.0800. The smallest absolute Gasteiger partial charge is 0.870 e. The normalized spacial score (nSPS) is 11.5. The Morgan fingerprint density at radius 2 is 1.00 bits per heavy atom. The Kier molecular flexibility index (Phi) is 18.1. The maximum absolute atomic E-state index is 13.3. The zero-order valence-corrected chi connectivity index (χ0v) is 46.3. The predicted molar refractivity (Wildman–Crippen MR) is 275 cm³/mol. The molecular weight excluding hydrogens is 1150 g/mol. The van der Waals surface area contributed by atoms with Gasteiger partial charge >= 0.3 is 48.9 Å². The van der Waals surface area contributed by atoms with E-state index in [1.807, 2.05) is 0 Å². The van der Waals surface area contributed by atoms with Crippen LogP contribution in [0.5, 0.6) is 23.0 Å². The van der Waals surface area contributed by atoms with Crippen molar-refractivity contribution in [1.82, 2.24) is 0 Å². The summed E-state index contributed by atoms with van der Waals surface area (Å²) in [6, 6.07) is 34.4. The summed E-state index contributed by atoms with van der Waals surface area (Å²) in [6.07, 6.45) is 0. The number of methoxy groups -OCH3 is 2. The first kappa shape index (κ1) is 55.9. The first-order valence-corrected chi connectivity index (χ1v) is 24.5. The summed E-state index contributed by atoms with van der Waals surface area (Å²) in [4.78, 5) is 24.8. The van der Waals surface area contributed by atoms with Crippen LogP contribution in [0.2, 0.25) is 10.0 Å². The number of phenols is 1. The number of halogens is 2. The van der Waals surface area contributed by atoms with Gasteiger partial charge in [0.05, 0.1) is 30.4 Å². The molecule has 0 fully saturated rings. The van der Waals surface area contributed by atoms with Crippen LogP contribution in [0, 0.1) is 13.8 Å². The molecule has 0 aliphatic heterocycles. The molecule has 73 heavy (non-hydrogen) atoms. The van der Waals surface area contributed by atoms with E-state index in [0.717, 1.165) is 12.1 Å². The number of phenolic OH excluding ortho intramolecular Hbond substituents is 1. The molecule has 0 atom stereocenters. The summed E-state index contributed by atoms with van der Waals surface area (Å²) < 4.78 is 78.7. The zero-order valence-electron chi connectivity index (χ0n) is 38.7. The van der Waals surface area contributed by atoms with Crippen molar-refractivity contribution in [3.05, 3.63) is 166 Å². The van der Waals surface area contributed by atoms with Gasteiger partial charge in [-0.15, -0.1) is 15.3 Å². The van der Waals surface area contributed by atoms with E-state index in [1.165, 1.54) is 38.5 Å². The summed E-state index contributed by atoms with van der Waals surface area (Å²) in [7, 11) is -6.55. The van der Waals surface area contributed by atoms with E-state index < -0.39 is 53.3 Å². The van der Waals surface area contributed by atoms with Crippen LogP contribution in [0.4, 0.5) is 34.1 Å². The van der Waals surface area contributed by atoms with Crippen LogP contribution in [0.25, 0.3) is 21.5 Å². The van der Waals surface area contributed by atoms with Crippen molar-refractivity contribution in [1.29, 1.82) is 0 Å². The van der Waals surface area contributed by atoms with E-state index in [9.17, 15) is 45.7 Å². The number of carbonyl (C=O) groups excluding carboxylic acids is 2. The number of benzene rings is 8. The molecule has 0 spiro atoms. The SMILES string of the molecule is COc1ccc(NC(=O)c2cc3ccccc3c(N=Nc3cc(C)c(Cl)cc3S(=O)(=O)O)c2O)cc1.COc1ccc(NC(=O)c2cc3ccccc3c(N=Nc3cc(C)c(Cl)cc3S(=O)(=O)[O-])c2[O-])cc1.[Ba+2]. The number of fused-ring (bicyclic) bond motifs is 2. The molecule has 0 heterocycles. The fourth-order valence-electron chi connectivity index (χ4n) is 6.98. The molecule has 0 aliphatic rings. The number of hydrogen-bond donors (Lipinski definition) is 4. The molecule has 23 heteroatoms. The number of ether oxygens (including phenoxy) is 2. The van der Waals surface area contributed by atoms with Gasteiger partial charge in [0.1, 0.15) is 43.6 Å². The summed E-state index contributed by atoms with van der Waals surface area (Å²) >= 11 is 12.0. The number of aryl methyl sites for hydroxylation is 2. The molecule has 368 valence electrons. The molecule has 0 aliphatic carbocycles. The largest absolute Gasteiger partial charge is 2.00 e. The van der Waals surface area contributed by atoms with Crippen LogP contribution < -0.4 is 25.2 Å². The minimum absolute atomic E-state index is 0. The molecule has 4 N–H and O–H groups in total.